The van der Waals surface area contributed by atoms with Gasteiger partial charge in [0.1, 0.15) is 6.61 Å². The summed E-state index contributed by atoms with van der Waals surface area (Å²) in [5.41, 5.74) is 0. The molecular formula is C17H21NO4. The molecule has 1 saturated heterocycles. The molecule has 0 radical (unpaired) electrons. The fourth-order valence-electron chi connectivity index (χ4n) is 3.20. The second-order valence-electron chi connectivity index (χ2n) is 6.34. The van der Waals surface area contributed by atoms with Gasteiger partial charge in [-0.15, -0.1) is 0 Å². The third-order valence-electron chi connectivity index (χ3n) is 4.61. The Balaban J connectivity index is 1.34. The van der Waals surface area contributed by atoms with E-state index in [0.29, 0.717) is 23.5 Å². The number of carbonyl (C=O) groups excluding carboxylic acids is 1. The quantitative estimate of drug-likeness (QED) is 0.926. The Morgan fingerprint density at radius 2 is 1.95 bits per heavy atom. The minimum atomic E-state index is -0.572. The van der Waals surface area contributed by atoms with Crippen LogP contribution in [0.1, 0.15) is 25.7 Å². The first kappa shape index (κ1) is 13.9. The Bertz CT molecular complexity index is 557. The Kier molecular flexibility index (Phi) is 3.66. The van der Waals surface area contributed by atoms with Crippen molar-refractivity contribution in [2.24, 2.45) is 5.92 Å². The molecule has 22 heavy (non-hydrogen) atoms. The normalized spacial score (nSPS) is 30.6. The maximum absolute atomic E-state index is 12.4. The summed E-state index contributed by atoms with van der Waals surface area (Å²) in [7, 11) is 0. The molecule has 0 spiro atoms. The highest BCUT2D eigenvalue weighted by molar-refractivity contribution is 5.82. The summed E-state index contributed by atoms with van der Waals surface area (Å²) in [6, 6.07) is 7.63. The third-order valence-corrected chi connectivity index (χ3v) is 4.61. The first-order valence-corrected chi connectivity index (χ1v) is 8.10. The van der Waals surface area contributed by atoms with Gasteiger partial charge in [0.05, 0.1) is 6.10 Å². The van der Waals surface area contributed by atoms with Crippen molar-refractivity contribution in [3.8, 4) is 11.5 Å². The second kappa shape index (κ2) is 5.80. The van der Waals surface area contributed by atoms with Crippen LogP contribution in [0.3, 0.4) is 0 Å². The van der Waals surface area contributed by atoms with Gasteiger partial charge in [0, 0.05) is 12.6 Å². The summed E-state index contributed by atoms with van der Waals surface area (Å²) < 4.78 is 17.2. The molecule has 1 saturated carbocycles. The predicted molar refractivity (Wildman–Crippen MR) is 80.0 cm³/mol. The van der Waals surface area contributed by atoms with E-state index in [-0.39, 0.29) is 18.6 Å². The van der Waals surface area contributed by atoms with Crippen molar-refractivity contribution in [3.63, 3.8) is 0 Å². The first-order chi connectivity index (χ1) is 10.8. The van der Waals surface area contributed by atoms with E-state index in [0.717, 1.165) is 19.4 Å². The Labute approximate surface area is 129 Å². The van der Waals surface area contributed by atoms with Crippen molar-refractivity contribution in [1.29, 1.82) is 0 Å². The Hall–Kier alpha value is -1.75. The van der Waals surface area contributed by atoms with Crippen LogP contribution in [0.2, 0.25) is 0 Å². The van der Waals surface area contributed by atoms with Crippen LogP contribution in [0.15, 0.2) is 24.3 Å². The fourth-order valence-corrected chi connectivity index (χ4v) is 3.20. The number of nitrogens with one attached hydrogen (secondary N) is 1. The van der Waals surface area contributed by atoms with Gasteiger partial charge in [-0.05, 0) is 43.7 Å². The van der Waals surface area contributed by atoms with Gasteiger partial charge < -0.3 is 19.5 Å². The summed E-state index contributed by atoms with van der Waals surface area (Å²) in [5, 5.41) is 3.11. The van der Waals surface area contributed by atoms with Crippen molar-refractivity contribution >= 4 is 5.91 Å². The molecule has 2 fully saturated rings. The molecule has 0 aromatic heterocycles. The minimum absolute atomic E-state index is 0.0871. The highest BCUT2D eigenvalue weighted by Crippen LogP contribution is 2.38. The SMILES string of the molecule is O=C(N[C@@H]1CCO[C@H](C2CC2)C1)[C@H]1COc2ccccc2O1. The van der Waals surface area contributed by atoms with Crippen molar-refractivity contribution in [2.45, 2.75) is 43.9 Å². The van der Waals surface area contributed by atoms with Gasteiger partial charge in [0.25, 0.3) is 5.91 Å². The molecule has 1 amide bonds. The lowest BCUT2D eigenvalue weighted by molar-refractivity contribution is -0.132. The molecule has 1 aromatic rings. The van der Waals surface area contributed by atoms with Crippen molar-refractivity contribution < 1.29 is 19.0 Å². The number of rotatable bonds is 3. The second-order valence-corrected chi connectivity index (χ2v) is 6.34. The van der Waals surface area contributed by atoms with Crippen LogP contribution in [-0.2, 0) is 9.53 Å². The largest absolute Gasteiger partial charge is 0.485 e. The number of carbonyl (C=O) groups is 1. The van der Waals surface area contributed by atoms with Crippen LogP contribution in [-0.4, -0.2) is 37.4 Å². The van der Waals surface area contributed by atoms with Crippen LogP contribution in [0.25, 0.3) is 0 Å². The zero-order valence-electron chi connectivity index (χ0n) is 12.5. The van der Waals surface area contributed by atoms with E-state index in [4.69, 9.17) is 14.2 Å². The molecule has 2 heterocycles. The highest BCUT2D eigenvalue weighted by atomic mass is 16.6. The number of ether oxygens (including phenoxy) is 3. The van der Waals surface area contributed by atoms with Gasteiger partial charge in [0.15, 0.2) is 11.5 Å². The van der Waals surface area contributed by atoms with E-state index in [2.05, 4.69) is 5.32 Å². The highest BCUT2D eigenvalue weighted by Gasteiger charge is 2.37. The maximum atomic E-state index is 12.4. The first-order valence-electron chi connectivity index (χ1n) is 8.10. The fraction of sp³-hybridized carbons (Fsp3) is 0.588. The van der Waals surface area contributed by atoms with E-state index in [1.807, 2.05) is 24.3 Å². The number of hydrogen-bond donors (Lipinski definition) is 1. The number of benzene rings is 1. The average Bonchev–Trinajstić information content (AvgIpc) is 3.39. The molecule has 2 aliphatic heterocycles. The number of para-hydroxylation sites is 2. The van der Waals surface area contributed by atoms with E-state index in [9.17, 15) is 4.79 Å². The van der Waals surface area contributed by atoms with Crippen LogP contribution >= 0.6 is 0 Å². The molecule has 4 rings (SSSR count). The van der Waals surface area contributed by atoms with Crippen LogP contribution in [0.5, 0.6) is 11.5 Å². The van der Waals surface area contributed by atoms with E-state index >= 15 is 0 Å². The molecule has 3 atom stereocenters. The lowest BCUT2D eigenvalue weighted by atomic mass is 10.00. The standard InChI is InChI=1S/C17H21NO4/c19-17(16-10-21-13-3-1-2-4-14(13)22-16)18-12-7-8-20-15(9-12)11-5-6-11/h1-4,11-12,15-16H,5-10H2,(H,18,19)/t12-,15+,16-/m1/s1. The zero-order valence-corrected chi connectivity index (χ0v) is 12.5. The third kappa shape index (κ3) is 2.90. The number of hydrogen-bond acceptors (Lipinski definition) is 4. The Morgan fingerprint density at radius 3 is 2.77 bits per heavy atom. The topological polar surface area (TPSA) is 56.8 Å². The van der Waals surface area contributed by atoms with Gasteiger partial charge in [-0.25, -0.2) is 0 Å². The molecule has 118 valence electrons. The zero-order chi connectivity index (χ0) is 14.9. The maximum Gasteiger partial charge on any atom is 0.264 e. The molecule has 1 aromatic carbocycles. The van der Waals surface area contributed by atoms with Crippen molar-refractivity contribution in [2.75, 3.05) is 13.2 Å². The summed E-state index contributed by atoms with van der Waals surface area (Å²) in [5.74, 6) is 1.96. The van der Waals surface area contributed by atoms with Gasteiger partial charge in [-0.2, -0.15) is 0 Å². The van der Waals surface area contributed by atoms with Crippen LogP contribution in [0, 0.1) is 5.92 Å². The lowest BCUT2D eigenvalue weighted by Crippen LogP contribution is -2.50. The van der Waals surface area contributed by atoms with Crippen LogP contribution < -0.4 is 14.8 Å². The Morgan fingerprint density at radius 1 is 1.14 bits per heavy atom. The predicted octanol–water partition coefficient (Wildman–Crippen LogP) is 1.90. The molecule has 5 nitrogen and oxygen atoms in total. The molecule has 5 heteroatoms. The molecule has 1 N–H and O–H groups in total. The van der Waals surface area contributed by atoms with Crippen LogP contribution in [0.4, 0.5) is 0 Å². The van der Waals surface area contributed by atoms with Gasteiger partial charge in [0.2, 0.25) is 6.10 Å². The van der Waals surface area contributed by atoms with E-state index in [1.54, 1.807) is 0 Å². The lowest BCUT2D eigenvalue weighted by Gasteiger charge is -2.32. The molecule has 0 unspecified atom stereocenters. The summed E-state index contributed by atoms with van der Waals surface area (Å²) in [6.45, 7) is 0.995. The summed E-state index contributed by atoms with van der Waals surface area (Å²) in [4.78, 5) is 12.4. The summed E-state index contributed by atoms with van der Waals surface area (Å²) >= 11 is 0. The minimum Gasteiger partial charge on any atom is -0.485 e. The molecule has 3 aliphatic rings. The molecule has 0 bridgehead atoms. The smallest absolute Gasteiger partial charge is 0.264 e. The van der Waals surface area contributed by atoms with Crippen molar-refractivity contribution in [3.05, 3.63) is 24.3 Å². The van der Waals surface area contributed by atoms with Gasteiger partial charge in [-0.3, -0.25) is 4.79 Å². The molecule has 1 aliphatic carbocycles. The number of amides is 1. The van der Waals surface area contributed by atoms with E-state index in [1.165, 1.54) is 12.8 Å². The monoisotopic (exact) mass is 303 g/mol. The summed E-state index contributed by atoms with van der Waals surface area (Å²) in [6.07, 6.45) is 4.07. The van der Waals surface area contributed by atoms with Gasteiger partial charge in [-0.1, -0.05) is 12.1 Å². The van der Waals surface area contributed by atoms with Crippen molar-refractivity contribution in [1.82, 2.24) is 5.32 Å². The molecular weight excluding hydrogens is 282 g/mol. The average molecular weight is 303 g/mol. The number of fused-ring (bicyclic) bond motifs is 1. The van der Waals surface area contributed by atoms with Gasteiger partial charge >= 0.3 is 0 Å². The van der Waals surface area contributed by atoms with E-state index < -0.39 is 6.10 Å².